The van der Waals surface area contributed by atoms with Crippen molar-refractivity contribution in [3.8, 4) is 11.5 Å². The lowest BCUT2D eigenvalue weighted by molar-refractivity contribution is 0.0593. The molecule has 1 aliphatic rings. The Balaban J connectivity index is 1.78. The third-order valence-corrected chi connectivity index (χ3v) is 6.65. The average Bonchev–Trinajstić information content (AvgIpc) is 3.14. The number of benzene rings is 2. The first-order valence-corrected chi connectivity index (χ1v) is 13.6. The summed E-state index contributed by atoms with van der Waals surface area (Å²) in [6.45, 7) is 14.1. The van der Waals surface area contributed by atoms with Gasteiger partial charge in [-0.1, -0.05) is 31.5 Å². The van der Waals surface area contributed by atoms with Crippen LogP contribution in [-0.2, 0) is 4.74 Å². The van der Waals surface area contributed by atoms with E-state index in [1.165, 1.54) is 0 Å². The van der Waals surface area contributed by atoms with Gasteiger partial charge >= 0.3 is 0 Å². The van der Waals surface area contributed by atoms with Gasteiger partial charge in [-0.3, -0.25) is 9.59 Å². The highest BCUT2D eigenvalue weighted by Crippen LogP contribution is 2.41. The first-order valence-electron chi connectivity index (χ1n) is 13.6. The molecular formula is C31H39NO6. The smallest absolute Gasteiger partial charge is 0.290 e. The van der Waals surface area contributed by atoms with Crippen LogP contribution in [0.2, 0.25) is 0 Å². The van der Waals surface area contributed by atoms with Gasteiger partial charge in [0.25, 0.3) is 5.91 Å². The Morgan fingerprint density at radius 3 is 2.47 bits per heavy atom. The van der Waals surface area contributed by atoms with Crippen molar-refractivity contribution in [3.63, 3.8) is 0 Å². The van der Waals surface area contributed by atoms with Crippen LogP contribution in [0, 0.1) is 12.8 Å². The van der Waals surface area contributed by atoms with Gasteiger partial charge in [-0.25, -0.2) is 0 Å². The van der Waals surface area contributed by atoms with E-state index in [-0.39, 0.29) is 23.2 Å². The van der Waals surface area contributed by atoms with E-state index in [0.717, 1.165) is 17.5 Å². The molecule has 0 fully saturated rings. The third kappa shape index (κ3) is 5.88. The Labute approximate surface area is 224 Å². The number of ether oxygens (including phenoxy) is 3. The lowest BCUT2D eigenvalue weighted by atomic mass is 9.97. The van der Waals surface area contributed by atoms with Crippen molar-refractivity contribution < 1.29 is 23.4 Å². The summed E-state index contributed by atoms with van der Waals surface area (Å²) in [5.74, 6) is 1.59. The molecule has 1 amide bonds. The van der Waals surface area contributed by atoms with Gasteiger partial charge < -0.3 is 23.5 Å². The molecule has 7 heteroatoms. The lowest BCUT2D eigenvalue weighted by Gasteiger charge is -2.26. The van der Waals surface area contributed by atoms with Crippen LogP contribution in [0.3, 0.4) is 0 Å². The summed E-state index contributed by atoms with van der Waals surface area (Å²) in [6.07, 6.45) is 1.67. The van der Waals surface area contributed by atoms with Crippen molar-refractivity contribution in [2.45, 2.75) is 66.5 Å². The minimum absolute atomic E-state index is 0.103. The van der Waals surface area contributed by atoms with E-state index in [9.17, 15) is 9.59 Å². The second-order valence-corrected chi connectivity index (χ2v) is 10.5. The predicted molar refractivity (Wildman–Crippen MR) is 148 cm³/mol. The zero-order valence-corrected chi connectivity index (χ0v) is 23.3. The van der Waals surface area contributed by atoms with E-state index >= 15 is 0 Å². The largest absolute Gasteiger partial charge is 0.490 e. The third-order valence-electron chi connectivity index (χ3n) is 6.65. The number of aryl methyl sites for hydroxylation is 1. The molecule has 0 saturated carbocycles. The minimum atomic E-state index is -0.596. The van der Waals surface area contributed by atoms with Crippen LogP contribution in [0.25, 0.3) is 11.0 Å². The normalized spacial score (nSPS) is 15.1. The number of nitrogens with zero attached hydrogens (tertiary/aromatic N) is 1. The molecule has 0 spiro atoms. The maximum absolute atomic E-state index is 13.8. The van der Waals surface area contributed by atoms with Crippen LogP contribution < -0.4 is 14.9 Å². The van der Waals surface area contributed by atoms with Crippen LogP contribution >= 0.6 is 0 Å². The fraction of sp³-hybridized carbons (Fsp3) is 0.484. The van der Waals surface area contributed by atoms with Crippen molar-refractivity contribution in [3.05, 3.63) is 69.1 Å². The predicted octanol–water partition coefficient (Wildman–Crippen LogP) is 6.29. The molecular weight excluding hydrogens is 482 g/mol. The van der Waals surface area contributed by atoms with Crippen LogP contribution in [-0.4, -0.2) is 43.3 Å². The van der Waals surface area contributed by atoms with Gasteiger partial charge in [0.05, 0.1) is 36.3 Å². The molecule has 2 heterocycles. The lowest BCUT2D eigenvalue weighted by Crippen LogP contribution is -2.31. The summed E-state index contributed by atoms with van der Waals surface area (Å²) in [5, 5.41) is 0.477. The number of amides is 1. The van der Waals surface area contributed by atoms with E-state index in [4.69, 9.17) is 18.6 Å². The molecule has 1 atom stereocenters. The molecule has 0 saturated heterocycles. The molecule has 1 unspecified atom stereocenters. The van der Waals surface area contributed by atoms with Crippen molar-refractivity contribution >= 4 is 16.9 Å². The number of rotatable bonds is 12. The molecule has 2 aromatic carbocycles. The molecule has 3 aromatic rings. The molecule has 0 radical (unpaired) electrons. The molecule has 7 nitrogen and oxygen atoms in total. The molecule has 1 aromatic heterocycles. The summed E-state index contributed by atoms with van der Waals surface area (Å²) in [4.78, 5) is 29.2. The van der Waals surface area contributed by atoms with Crippen molar-refractivity contribution in [2.24, 2.45) is 5.92 Å². The molecule has 38 heavy (non-hydrogen) atoms. The first kappa shape index (κ1) is 27.7. The highest BCUT2D eigenvalue weighted by Gasteiger charge is 2.42. The van der Waals surface area contributed by atoms with Gasteiger partial charge in [0.2, 0.25) is 5.76 Å². The average molecular weight is 522 g/mol. The molecule has 4 rings (SSSR count). The number of fused-ring (bicyclic) bond motifs is 2. The molecule has 1 aliphatic heterocycles. The molecule has 0 aliphatic carbocycles. The maximum atomic E-state index is 13.8. The van der Waals surface area contributed by atoms with Crippen molar-refractivity contribution in [1.82, 2.24) is 4.90 Å². The fourth-order valence-electron chi connectivity index (χ4n) is 4.75. The van der Waals surface area contributed by atoms with Gasteiger partial charge in [0, 0.05) is 13.2 Å². The van der Waals surface area contributed by atoms with Gasteiger partial charge in [-0.2, -0.15) is 0 Å². The highest BCUT2D eigenvalue weighted by atomic mass is 16.5. The van der Waals surface area contributed by atoms with E-state index in [0.29, 0.717) is 66.7 Å². The Kier molecular flexibility index (Phi) is 8.77. The van der Waals surface area contributed by atoms with Gasteiger partial charge in [-0.15, -0.1) is 0 Å². The maximum Gasteiger partial charge on any atom is 0.290 e. The second kappa shape index (κ2) is 12.0. The van der Waals surface area contributed by atoms with Gasteiger partial charge in [0.1, 0.15) is 5.58 Å². The molecule has 204 valence electrons. The minimum Gasteiger partial charge on any atom is -0.490 e. The number of hydrogen-bond acceptors (Lipinski definition) is 6. The standard InChI is InChI=1S/C31H39NO6/c1-7-35-26-18-22(10-12-25(26)37-16-13-19(2)3)28-27-29(33)23-17-21(6)9-11-24(23)38-30(27)31(34)32(28)14-8-15-36-20(4)5/h9-12,17-20,28H,7-8,13-16H2,1-6H3. The second-order valence-electron chi connectivity index (χ2n) is 10.5. The zero-order valence-electron chi connectivity index (χ0n) is 23.3. The number of hydrogen-bond donors (Lipinski definition) is 0. The zero-order chi connectivity index (χ0) is 27.4. The summed E-state index contributed by atoms with van der Waals surface area (Å²) >= 11 is 0. The SMILES string of the molecule is CCOc1cc(C2c3c(oc4ccc(C)cc4c3=O)C(=O)N2CCCOC(C)C)ccc1OCCC(C)C. The number of carbonyl (C=O) groups excluding carboxylic acids is 1. The summed E-state index contributed by atoms with van der Waals surface area (Å²) in [6, 6.07) is 10.5. The Hall–Kier alpha value is -3.32. The monoisotopic (exact) mass is 521 g/mol. The van der Waals surface area contributed by atoms with E-state index in [1.54, 1.807) is 11.0 Å². The van der Waals surface area contributed by atoms with Crippen molar-refractivity contribution in [1.29, 1.82) is 0 Å². The van der Waals surface area contributed by atoms with E-state index < -0.39 is 6.04 Å². The number of carbonyl (C=O) groups is 1. The van der Waals surface area contributed by atoms with Crippen LogP contribution in [0.5, 0.6) is 11.5 Å². The first-order chi connectivity index (χ1) is 18.2. The Morgan fingerprint density at radius 1 is 0.974 bits per heavy atom. The van der Waals surface area contributed by atoms with Crippen LogP contribution in [0.1, 0.15) is 80.7 Å². The quantitative estimate of drug-likeness (QED) is 0.261. The van der Waals surface area contributed by atoms with Crippen LogP contribution in [0.4, 0.5) is 0 Å². The topological polar surface area (TPSA) is 78.2 Å². The molecule has 0 bridgehead atoms. The summed E-state index contributed by atoms with van der Waals surface area (Å²) in [7, 11) is 0. The van der Waals surface area contributed by atoms with Crippen LogP contribution in [0.15, 0.2) is 45.6 Å². The fourth-order valence-corrected chi connectivity index (χ4v) is 4.75. The van der Waals surface area contributed by atoms with E-state index in [2.05, 4.69) is 13.8 Å². The van der Waals surface area contributed by atoms with Gasteiger partial charge in [-0.05, 0) is 76.3 Å². The summed E-state index contributed by atoms with van der Waals surface area (Å²) in [5.41, 5.74) is 2.34. The van der Waals surface area contributed by atoms with Gasteiger partial charge in [0.15, 0.2) is 16.9 Å². The van der Waals surface area contributed by atoms with E-state index in [1.807, 2.05) is 58.0 Å². The summed E-state index contributed by atoms with van der Waals surface area (Å²) < 4.78 is 23.8. The molecule has 0 N–H and O–H groups in total. The Morgan fingerprint density at radius 2 is 1.76 bits per heavy atom. The highest BCUT2D eigenvalue weighted by molar-refractivity contribution is 5.99. The Bertz CT molecular complexity index is 1340. The van der Waals surface area contributed by atoms with Crippen molar-refractivity contribution in [2.75, 3.05) is 26.4 Å².